The molecule has 0 fully saturated rings. The van der Waals surface area contributed by atoms with Crippen molar-refractivity contribution in [3.05, 3.63) is 58.7 Å². The Balaban J connectivity index is 1.91. The molecule has 2 aromatic carbocycles. The number of amides is 2. The van der Waals surface area contributed by atoms with Crippen LogP contribution in [0.3, 0.4) is 0 Å². The highest BCUT2D eigenvalue weighted by Gasteiger charge is 2.37. The van der Waals surface area contributed by atoms with E-state index in [2.05, 4.69) is 5.32 Å². The predicted octanol–water partition coefficient (Wildman–Crippen LogP) is 5.93. The number of carbonyl (C=O) groups excluding carboxylic acids is 1. The van der Waals surface area contributed by atoms with Crippen LogP contribution in [-0.4, -0.2) is 19.2 Å². The summed E-state index contributed by atoms with van der Waals surface area (Å²) >= 11 is 0. The molecule has 4 nitrogen and oxygen atoms in total. The number of hydrogen-bond donors (Lipinski definition) is 2. The lowest BCUT2D eigenvalue weighted by Gasteiger charge is -2.15. The highest BCUT2D eigenvalue weighted by Crippen LogP contribution is 2.37. The molecule has 2 aromatic rings. The van der Waals surface area contributed by atoms with E-state index in [1.165, 1.54) is 0 Å². The van der Waals surface area contributed by atoms with Crippen LogP contribution in [0.15, 0.2) is 36.4 Å². The summed E-state index contributed by atoms with van der Waals surface area (Å²) < 4.78 is 82.7. The Bertz CT molecular complexity index is 841. The zero-order chi connectivity index (χ0) is 22.5. The zero-order valence-corrected chi connectivity index (χ0v) is 16.2. The molecule has 0 heterocycles. The second-order valence-electron chi connectivity index (χ2n) is 6.60. The Morgan fingerprint density at radius 1 is 0.933 bits per heavy atom. The van der Waals surface area contributed by atoms with Crippen LogP contribution in [0.2, 0.25) is 0 Å². The Kier molecular flexibility index (Phi) is 7.22. The first-order chi connectivity index (χ1) is 13.9. The van der Waals surface area contributed by atoms with E-state index in [-0.39, 0.29) is 19.2 Å². The molecule has 0 unspecified atom stereocenters. The van der Waals surface area contributed by atoms with Gasteiger partial charge in [-0.05, 0) is 49.6 Å². The number of benzene rings is 2. The molecule has 0 saturated carbocycles. The number of anilines is 1. The number of halogens is 6. The number of carbonyl (C=O) groups is 1. The van der Waals surface area contributed by atoms with Gasteiger partial charge >= 0.3 is 18.4 Å². The fourth-order valence-electron chi connectivity index (χ4n) is 2.68. The molecule has 0 aromatic heterocycles. The summed E-state index contributed by atoms with van der Waals surface area (Å²) in [6, 6.07) is 5.62. The molecule has 2 rings (SSSR count). The third-order valence-electron chi connectivity index (χ3n) is 4.11. The first-order valence-electron chi connectivity index (χ1n) is 8.91. The van der Waals surface area contributed by atoms with E-state index in [4.69, 9.17) is 4.74 Å². The molecule has 2 N–H and O–H groups in total. The molecular formula is C20H20F6N2O2. The fourth-order valence-corrected chi connectivity index (χ4v) is 2.68. The quantitative estimate of drug-likeness (QED) is 0.437. The summed E-state index contributed by atoms with van der Waals surface area (Å²) in [5.74, 6) is 0.727. The Labute approximate surface area is 169 Å². The number of ether oxygens (including phenoxy) is 1. The summed E-state index contributed by atoms with van der Waals surface area (Å²) in [7, 11) is 0. The maximum atomic E-state index is 12.8. The topological polar surface area (TPSA) is 50.4 Å². The van der Waals surface area contributed by atoms with Gasteiger partial charge in [-0.15, -0.1) is 0 Å². The van der Waals surface area contributed by atoms with E-state index in [9.17, 15) is 31.1 Å². The molecule has 30 heavy (non-hydrogen) atoms. The van der Waals surface area contributed by atoms with Gasteiger partial charge in [0.05, 0.1) is 17.7 Å². The van der Waals surface area contributed by atoms with Crippen molar-refractivity contribution in [3.8, 4) is 5.75 Å². The van der Waals surface area contributed by atoms with Crippen molar-refractivity contribution in [2.24, 2.45) is 0 Å². The van der Waals surface area contributed by atoms with E-state index >= 15 is 0 Å². The van der Waals surface area contributed by atoms with Gasteiger partial charge in [0.15, 0.2) is 0 Å². The van der Waals surface area contributed by atoms with Crippen molar-refractivity contribution in [3.63, 3.8) is 0 Å². The normalized spacial score (nSPS) is 11.9. The number of para-hydroxylation sites is 1. The van der Waals surface area contributed by atoms with Gasteiger partial charge in [-0.1, -0.05) is 18.2 Å². The summed E-state index contributed by atoms with van der Waals surface area (Å²) in [5, 5.41) is 4.37. The van der Waals surface area contributed by atoms with Crippen molar-refractivity contribution in [1.82, 2.24) is 5.32 Å². The summed E-state index contributed by atoms with van der Waals surface area (Å²) in [6.07, 6.45) is -9.59. The first kappa shape index (κ1) is 23.4. The second-order valence-corrected chi connectivity index (χ2v) is 6.60. The molecule has 10 heteroatoms. The average Bonchev–Trinajstić information content (AvgIpc) is 2.62. The molecule has 0 aliphatic rings. The van der Waals surface area contributed by atoms with E-state index in [0.717, 1.165) is 16.9 Å². The van der Waals surface area contributed by atoms with Gasteiger partial charge in [0.2, 0.25) is 0 Å². The van der Waals surface area contributed by atoms with E-state index in [1.54, 1.807) is 0 Å². The molecule has 0 atom stereocenters. The maximum Gasteiger partial charge on any atom is 0.416 e. The van der Waals surface area contributed by atoms with Crippen LogP contribution in [0.25, 0.3) is 0 Å². The van der Waals surface area contributed by atoms with Gasteiger partial charge in [-0.3, -0.25) is 0 Å². The lowest BCUT2D eigenvalue weighted by molar-refractivity contribution is -0.143. The fraction of sp³-hybridized carbons (Fsp3) is 0.350. The molecule has 164 valence electrons. The van der Waals surface area contributed by atoms with Crippen LogP contribution in [0.1, 0.15) is 28.7 Å². The van der Waals surface area contributed by atoms with Gasteiger partial charge in [0.25, 0.3) is 0 Å². The van der Waals surface area contributed by atoms with Crippen molar-refractivity contribution in [1.29, 1.82) is 0 Å². The minimum Gasteiger partial charge on any atom is -0.493 e. The smallest absolute Gasteiger partial charge is 0.416 e. The largest absolute Gasteiger partial charge is 0.493 e. The Morgan fingerprint density at radius 2 is 1.47 bits per heavy atom. The number of rotatable bonds is 6. The number of alkyl halides is 6. The van der Waals surface area contributed by atoms with Crippen LogP contribution in [-0.2, 0) is 12.4 Å². The zero-order valence-electron chi connectivity index (χ0n) is 16.2. The van der Waals surface area contributed by atoms with Gasteiger partial charge in [-0.25, -0.2) is 4.79 Å². The number of nitrogens with one attached hydrogen (secondary N) is 2. The molecule has 0 aliphatic heterocycles. The third-order valence-corrected chi connectivity index (χ3v) is 4.11. The monoisotopic (exact) mass is 434 g/mol. The molecule has 0 saturated heterocycles. The highest BCUT2D eigenvalue weighted by atomic mass is 19.4. The molecular weight excluding hydrogens is 414 g/mol. The van der Waals surface area contributed by atoms with Gasteiger partial charge in [-0.2, -0.15) is 26.3 Å². The molecule has 0 aliphatic carbocycles. The lowest BCUT2D eigenvalue weighted by atomic mass is 10.1. The van der Waals surface area contributed by atoms with Crippen molar-refractivity contribution >= 4 is 11.7 Å². The maximum absolute atomic E-state index is 12.8. The van der Waals surface area contributed by atoms with Crippen LogP contribution < -0.4 is 15.4 Å². The summed E-state index contributed by atoms with van der Waals surface area (Å²) in [6.45, 7) is 4.16. The predicted molar refractivity (Wildman–Crippen MR) is 99.5 cm³/mol. The van der Waals surface area contributed by atoms with Crippen molar-refractivity contribution in [2.45, 2.75) is 32.6 Å². The first-order valence-corrected chi connectivity index (χ1v) is 8.91. The number of aryl methyl sites for hydroxylation is 2. The van der Waals surface area contributed by atoms with Gasteiger partial charge in [0.1, 0.15) is 5.75 Å². The Hall–Kier alpha value is -2.91. The van der Waals surface area contributed by atoms with Crippen LogP contribution in [0, 0.1) is 13.8 Å². The van der Waals surface area contributed by atoms with Gasteiger partial charge in [0, 0.05) is 12.2 Å². The minimum absolute atomic E-state index is 0.00597. The van der Waals surface area contributed by atoms with Crippen LogP contribution >= 0.6 is 0 Å². The van der Waals surface area contributed by atoms with Crippen LogP contribution in [0.4, 0.5) is 36.8 Å². The van der Waals surface area contributed by atoms with Crippen LogP contribution in [0.5, 0.6) is 5.75 Å². The van der Waals surface area contributed by atoms with Gasteiger partial charge < -0.3 is 15.4 Å². The summed E-state index contributed by atoms with van der Waals surface area (Å²) in [5.41, 5.74) is -1.72. The van der Waals surface area contributed by atoms with E-state index in [1.807, 2.05) is 37.4 Å². The average molecular weight is 434 g/mol. The number of urea groups is 1. The molecule has 0 bridgehead atoms. The van der Waals surface area contributed by atoms with E-state index < -0.39 is 35.2 Å². The summed E-state index contributed by atoms with van der Waals surface area (Å²) in [4.78, 5) is 11.9. The SMILES string of the molecule is Cc1cccc(C)c1OCCCNC(=O)Nc1cc(C(F)(F)F)cc(C(F)(F)F)c1. The standard InChI is InChI=1S/C20H20F6N2O2/c1-12-5-3-6-13(2)17(12)30-8-4-7-27-18(29)28-16-10-14(19(21,22)23)9-15(11-16)20(24,25)26/h3,5-6,9-11H,4,7-8H2,1-2H3,(H2,27,28,29). The van der Waals surface area contributed by atoms with Crippen molar-refractivity contribution < 1.29 is 35.9 Å². The molecule has 2 amide bonds. The number of hydrogen-bond acceptors (Lipinski definition) is 2. The third kappa shape index (κ3) is 6.57. The Morgan fingerprint density at radius 3 is 1.97 bits per heavy atom. The second kappa shape index (κ2) is 9.27. The van der Waals surface area contributed by atoms with Crippen molar-refractivity contribution in [2.75, 3.05) is 18.5 Å². The minimum atomic E-state index is -4.99. The lowest BCUT2D eigenvalue weighted by Crippen LogP contribution is -2.30. The molecule has 0 spiro atoms. The molecule has 0 radical (unpaired) electrons. The van der Waals surface area contributed by atoms with E-state index in [0.29, 0.717) is 18.6 Å². The highest BCUT2D eigenvalue weighted by molar-refractivity contribution is 5.89.